The smallest absolute Gasteiger partial charge is 0.153 e. The molecule has 8 nitrogen and oxygen atoms in total. The maximum Gasteiger partial charge on any atom is 0.153 e. The molecular formula is C14H14N8. The van der Waals surface area contributed by atoms with Crippen LogP contribution in [-0.4, -0.2) is 34.1 Å². The van der Waals surface area contributed by atoms with Gasteiger partial charge in [0.2, 0.25) is 0 Å². The molecule has 0 aliphatic rings. The Morgan fingerprint density at radius 2 is 1.09 bits per heavy atom. The molecule has 0 spiro atoms. The Morgan fingerprint density at radius 1 is 0.727 bits per heavy atom. The van der Waals surface area contributed by atoms with Crippen LogP contribution in [0.1, 0.15) is 11.1 Å². The van der Waals surface area contributed by atoms with E-state index in [1.165, 1.54) is 12.4 Å². The highest BCUT2D eigenvalue weighted by atomic mass is 15.2. The number of aromatic nitrogens is 2. The second-order valence-electron chi connectivity index (χ2n) is 3.97. The maximum absolute atomic E-state index is 5.74. The fraction of sp³-hybridized carbons (Fsp3) is 0. The highest BCUT2D eigenvalue weighted by molar-refractivity contribution is 6.16. The van der Waals surface area contributed by atoms with Crippen LogP contribution in [0.3, 0.4) is 0 Å². The van der Waals surface area contributed by atoms with Gasteiger partial charge in [0.05, 0.1) is 12.4 Å². The van der Waals surface area contributed by atoms with E-state index in [0.29, 0.717) is 0 Å². The molecular weight excluding hydrogens is 280 g/mol. The first-order valence-corrected chi connectivity index (χ1v) is 6.30. The fourth-order valence-electron chi connectivity index (χ4n) is 1.41. The molecule has 0 aliphatic carbocycles. The Balaban J connectivity index is 1.92. The summed E-state index contributed by atoms with van der Waals surface area (Å²) in [4.78, 5) is 7.78. The van der Waals surface area contributed by atoms with Gasteiger partial charge in [0.25, 0.3) is 0 Å². The van der Waals surface area contributed by atoms with Gasteiger partial charge in [0.1, 0.15) is 0 Å². The highest BCUT2D eigenvalue weighted by Gasteiger charge is 1.95. The quantitative estimate of drug-likeness (QED) is 0.474. The van der Waals surface area contributed by atoms with E-state index in [1.54, 1.807) is 49.1 Å². The average molecular weight is 294 g/mol. The summed E-state index contributed by atoms with van der Waals surface area (Å²) in [6.07, 6.45) is 9.21. The first kappa shape index (κ1) is 15.0. The number of hydrogen-bond acceptors (Lipinski definition) is 6. The van der Waals surface area contributed by atoms with Gasteiger partial charge in [-0.2, -0.15) is 10.2 Å². The van der Waals surface area contributed by atoms with Crippen LogP contribution in [0.2, 0.25) is 0 Å². The van der Waals surface area contributed by atoms with Crippen molar-refractivity contribution in [1.29, 1.82) is 0 Å². The van der Waals surface area contributed by atoms with Gasteiger partial charge in [-0.1, -0.05) is 0 Å². The molecule has 2 rings (SSSR count). The number of hydrogen-bond donors (Lipinski definition) is 2. The third-order valence-corrected chi connectivity index (χ3v) is 2.48. The molecule has 2 heterocycles. The monoisotopic (exact) mass is 294 g/mol. The summed E-state index contributed by atoms with van der Waals surface area (Å²) in [5.41, 5.74) is 13.0. The van der Waals surface area contributed by atoms with Gasteiger partial charge in [0.15, 0.2) is 11.7 Å². The zero-order valence-electron chi connectivity index (χ0n) is 11.6. The standard InChI is InChI=1S/C14H14N8/c15-13(11-1-5-17-6-2-11)21-19-9-10-20-22-14(16)12-3-7-18-8-4-12/h1-10H,(H2,15,21)(H2,16,22)/b19-9+,20-10+. The SMILES string of the molecule is N\C(=N/N=C/C=N/N=C(\N)c1ccncc1)c1ccncc1. The molecule has 0 saturated carbocycles. The van der Waals surface area contributed by atoms with E-state index in [1.807, 2.05) is 0 Å². The van der Waals surface area contributed by atoms with Crippen LogP contribution >= 0.6 is 0 Å². The second kappa shape index (κ2) is 8.00. The summed E-state index contributed by atoms with van der Waals surface area (Å²) in [6, 6.07) is 6.95. The molecule has 0 radical (unpaired) electrons. The van der Waals surface area contributed by atoms with Crippen LogP contribution in [0.25, 0.3) is 0 Å². The van der Waals surface area contributed by atoms with E-state index in [-0.39, 0.29) is 11.7 Å². The van der Waals surface area contributed by atoms with Crippen LogP contribution in [0.4, 0.5) is 0 Å². The molecule has 2 aromatic rings. The topological polar surface area (TPSA) is 127 Å². The van der Waals surface area contributed by atoms with E-state index in [0.717, 1.165) is 11.1 Å². The van der Waals surface area contributed by atoms with E-state index >= 15 is 0 Å². The van der Waals surface area contributed by atoms with Crippen LogP contribution < -0.4 is 11.5 Å². The average Bonchev–Trinajstić information content (AvgIpc) is 2.59. The van der Waals surface area contributed by atoms with Crippen LogP contribution in [0.5, 0.6) is 0 Å². The van der Waals surface area contributed by atoms with Crippen molar-refractivity contribution < 1.29 is 0 Å². The normalized spacial score (nSPS) is 13.1. The number of pyridine rings is 2. The van der Waals surface area contributed by atoms with E-state index in [2.05, 4.69) is 30.4 Å². The molecule has 2 aromatic heterocycles. The zero-order valence-corrected chi connectivity index (χ0v) is 11.6. The molecule has 4 N–H and O–H groups in total. The largest absolute Gasteiger partial charge is 0.382 e. The lowest BCUT2D eigenvalue weighted by molar-refractivity contribution is 1.22. The zero-order chi connectivity index (χ0) is 15.6. The highest BCUT2D eigenvalue weighted by Crippen LogP contribution is 1.96. The lowest BCUT2D eigenvalue weighted by Crippen LogP contribution is -2.12. The fourth-order valence-corrected chi connectivity index (χ4v) is 1.41. The minimum atomic E-state index is 0.284. The molecule has 0 saturated heterocycles. The lowest BCUT2D eigenvalue weighted by atomic mass is 10.2. The molecule has 0 amide bonds. The van der Waals surface area contributed by atoms with Crippen LogP contribution in [0, 0.1) is 0 Å². The molecule has 0 aromatic carbocycles. The molecule has 110 valence electrons. The Bertz CT molecular complexity index is 641. The summed E-state index contributed by atoms with van der Waals surface area (Å²) >= 11 is 0. The molecule has 0 aliphatic heterocycles. The van der Waals surface area contributed by atoms with E-state index < -0.39 is 0 Å². The van der Waals surface area contributed by atoms with Crippen LogP contribution in [0.15, 0.2) is 69.5 Å². The van der Waals surface area contributed by atoms with Gasteiger partial charge in [-0.3, -0.25) is 9.97 Å². The Kier molecular flexibility index (Phi) is 5.45. The predicted octanol–water partition coefficient (Wildman–Crippen LogP) is 0.559. The third-order valence-electron chi connectivity index (χ3n) is 2.48. The summed E-state index contributed by atoms with van der Waals surface area (Å²) in [7, 11) is 0. The number of rotatable bonds is 5. The summed E-state index contributed by atoms with van der Waals surface area (Å²) in [6.45, 7) is 0. The lowest BCUT2D eigenvalue weighted by Gasteiger charge is -1.95. The minimum Gasteiger partial charge on any atom is -0.382 e. The second-order valence-corrected chi connectivity index (χ2v) is 3.97. The van der Waals surface area contributed by atoms with Crippen molar-refractivity contribution in [2.24, 2.45) is 31.9 Å². The third kappa shape index (κ3) is 4.60. The first-order valence-electron chi connectivity index (χ1n) is 6.30. The van der Waals surface area contributed by atoms with Crippen molar-refractivity contribution in [2.75, 3.05) is 0 Å². The van der Waals surface area contributed by atoms with Gasteiger partial charge in [-0.15, -0.1) is 10.2 Å². The van der Waals surface area contributed by atoms with Gasteiger partial charge in [0, 0.05) is 35.9 Å². The summed E-state index contributed by atoms with van der Waals surface area (Å²) < 4.78 is 0. The van der Waals surface area contributed by atoms with Crippen molar-refractivity contribution >= 4 is 24.1 Å². The maximum atomic E-state index is 5.74. The van der Waals surface area contributed by atoms with E-state index in [9.17, 15) is 0 Å². The summed E-state index contributed by atoms with van der Waals surface area (Å²) in [5.74, 6) is 0.568. The first-order chi connectivity index (χ1) is 10.8. The Hall–Kier alpha value is -3.42. The van der Waals surface area contributed by atoms with Gasteiger partial charge >= 0.3 is 0 Å². The molecule has 0 bridgehead atoms. The Labute approximate surface area is 127 Å². The van der Waals surface area contributed by atoms with E-state index in [4.69, 9.17) is 11.5 Å². The number of nitrogens with zero attached hydrogens (tertiary/aromatic N) is 6. The van der Waals surface area contributed by atoms with Crippen molar-refractivity contribution in [3.8, 4) is 0 Å². The van der Waals surface area contributed by atoms with Crippen molar-refractivity contribution in [1.82, 2.24) is 9.97 Å². The summed E-state index contributed by atoms with van der Waals surface area (Å²) in [5, 5.41) is 15.2. The van der Waals surface area contributed by atoms with Gasteiger partial charge in [-0.05, 0) is 24.3 Å². The van der Waals surface area contributed by atoms with Crippen molar-refractivity contribution in [2.45, 2.75) is 0 Å². The molecule has 0 atom stereocenters. The molecule has 22 heavy (non-hydrogen) atoms. The van der Waals surface area contributed by atoms with Crippen molar-refractivity contribution in [3.05, 3.63) is 60.2 Å². The molecule has 0 fully saturated rings. The van der Waals surface area contributed by atoms with Crippen molar-refractivity contribution in [3.63, 3.8) is 0 Å². The minimum absolute atomic E-state index is 0.284. The Morgan fingerprint density at radius 3 is 1.45 bits per heavy atom. The van der Waals surface area contributed by atoms with Gasteiger partial charge < -0.3 is 11.5 Å². The molecule has 8 heteroatoms. The number of nitrogens with two attached hydrogens (primary N) is 2. The van der Waals surface area contributed by atoms with Crippen LogP contribution in [-0.2, 0) is 0 Å². The number of amidine groups is 2. The molecule has 0 unspecified atom stereocenters. The predicted molar refractivity (Wildman–Crippen MR) is 86.9 cm³/mol. The van der Waals surface area contributed by atoms with Gasteiger partial charge in [-0.25, -0.2) is 0 Å².